The van der Waals surface area contributed by atoms with Crippen LogP contribution in [0.15, 0.2) is 54.7 Å². The number of para-hydroxylation sites is 2. The molecular formula is C18H19N5O2. The third-order valence-electron chi connectivity index (χ3n) is 3.33. The minimum Gasteiger partial charge on any atom is -0.497 e. The number of hydrogen-bond acceptors (Lipinski definition) is 7. The van der Waals surface area contributed by atoms with Gasteiger partial charge in [0.2, 0.25) is 5.95 Å². The second-order valence-corrected chi connectivity index (χ2v) is 5.08. The standard InChI is InChI=1S/C18H19N5O2/c1-3-25-16-10-5-4-9-15(16)21-17-12-19-23-18(22-17)20-13-7-6-8-14(11-13)24-2/h4-12H,3H2,1-2H3,(H2,20,21,22,23). The van der Waals surface area contributed by atoms with Crippen LogP contribution in [0.25, 0.3) is 0 Å². The first-order valence-corrected chi connectivity index (χ1v) is 7.88. The summed E-state index contributed by atoms with van der Waals surface area (Å²) in [5, 5.41) is 14.3. The van der Waals surface area contributed by atoms with Crippen molar-refractivity contribution in [3.05, 3.63) is 54.7 Å². The third kappa shape index (κ3) is 4.35. The molecule has 128 valence electrons. The van der Waals surface area contributed by atoms with Crippen molar-refractivity contribution >= 4 is 23.1 Å². The molecule has 0 unspecified atom stereocenters. The summed E-state index contributed by atoms with van der Waals surface area (Å²) in [7, 11) is 1.62. The summed E-state index contributed by atoms with van der Waals surface area (Å²) < 4.78 is 10.8. The largest absolute Gasteiger partial charge is 0.497 e. The molecule has 1 aromatic heterocycles. The highest BCUT2D eigenvalue weighted by atomic mass is 16.5. The first-order chi connectivity index (χ1) is 12.3. The van der Waals surface area contributed by atoms with E-state index in [4.69, 9.17) is 9.47 Å². The van der Waals surface area contributed by atoms with Crippen LogP contribution in [-0.2, 0) is 0 Å². The molecule has 0 bridgehead atoms. The lowest BCUT2D eigenvalue weighted by atomic mass is 10.3. The van der Waals surface area contributed by atoms with Crippen LogP contribution in [0.4, 0.5) is 23.1 Å². The van der Waals surface area contributed by atoms with Gasteiger partial charge in [0, 0.05) is 11.8 Å². The number of hydrogen-bond donors (Lipinski definition) is 2. The normalized spacial score (nSPS) is 10.2. The zero-order valence-electron chi connectivity index (χ0n) is 14.1. The lowest BCUT2D eigenvalue weighted by molar-refractivity contribution is 0.342. The molecular weight excluding hydrogens is 318 g/mol. The maximum Gasteiger partial charge on any atom is 0.249 e. The fraction of sp³-hybridized carbons (Fsp3) is 0.167. The van der Waals surface area contributed by atoms with Crippen molar-refractivity contribution < 1.29 is 9.47 Å². The van der Waals surface area contributed by atoms with Gasteiger partial charge in [0.25, 0.3) is 0 Å². The first-order valence-electron chi connectivity index (χ1n) is 7.88. The second-order valence-electron chi connectivity index (χ2n) is 5.08. The fourth-order valence-electron chi connectivity index (χ4n) is 2.24. The van der Waals surface area contributed by atoms with E-state index in [9.17, 15) is 0 Å². The Hall–Kier alpha value is -3.35. The van der Waals surface area contributed by atoms with E-state index < -0.39 is 0 Å². The molecule has 0 amide bonds. The van der Waals surface area contributed by atoms with E-state index in [1.54, 1.807) is 13.3 Å². The lowest BCUT2D eigenvalue weighted by Gasteiger charge is -2.12. The van der Waals surface area contributed by atoms with Crippen LogP contribution in [0, 0.1) is 0 Å². The van der Waals surface area contributed by atoms with Gasteiger partial charge < -0.3 is 20.1 Å². The smallest absolute Gasteiger partial charge is 0.249 e. The van der Waals surface area contributed by atoms with Gasteiger partial charge in [0.05, 0.1) is 25.6 Å². The third-order valence-corrected chi connectivity index (χ3v) is 3.33. The van der Waals surface area contributed by atoms with E-state index in [2.05, 4.69) is 25.8 Å². The number of nitrogens with zero attached hydrogens (tertiary/aromatic N) is 3. The van der Waals surface area contributed by atoms with E-state index in [1.165, 1.54) is 0 Å². The van der Waals surface area contributed by atoms with Crippen LogP contribution in [0.1, 0.15) is 6.92 Å². The number of aromatic nitrogens is 3. The molecule has 0 spiro atoms. The van der Waals surface area contributed by atoms with Crippen molar-refractivity contribution in [2.75, 3.05) is 24.4 Å². The van der Waals surface area contributed by atoms with Crippen molar-refractivity contribution in [3.63, 3.8) is 0 Å². The molecule has 3 rings (SSSR count). The van der Waals surface area contributed by atoms with Crippen LogP contribution in [0.3, 0.4) is 0 Å². The van der Waals surface area contributed by atoms with E-state index in [0.29, 0.717) is 18.4 Å². The first kappa shape index (κ1) is 16.5. The Morgan fingerprint density at radius 2 is 1.92 bits per heavy atom. The van der Waals surface area contributed by atoms with E-state index in [0.717, 1.165) is 22.9 Å². The number of benzene rings is 2. The number of methoxy groups -OCH3 is 1. The van der Waals surface area contributed by atoms with Gasteiger partial charge in [-0.05, 0) is 31.2 Å². The maximum absolute atomic E-state index is 5.60. The molecule has 0 aliphatic carbocycles. The molecule has 7 nitrogen and oxygen atoms in total. The lowest BCUT2D eigenvalue weighted by Crippen LogP contribution is -2.03. The molecule has 0 atom stereocenters. The topological polar surface area (TPSA) is 81.2 Å². The van der Waals surface area contributed by atoms with Crippen LogP contribution in [-0.4, -0.2) is 28.9 Å². The van der Waals surface area contributed by atoms with Crippen LogP contribution < -0.4 is 20.1 Å². The zero-order chi connectivity index (χ0) is 17.5. The Morgan fingerprint density at radius 1 is 1.04 bits per heavy atom. The molecule has 1 heterocycles. The summed E-state index contributed by atoms with van der Waals surface area (Å²) in [6.07, 6.45) is 1.56. The highest BCUT2D eigenvalue weighted by Gasteiger charge is 2.06. The Morgan fingerprint density at radius 3 is 2.76 bits per heavy atom. The second kappa shape index (κ2) is 7.96. The van der Waals surface area contributed by atoms with Gasteiger partial charge in [-0.15, -0.1) is 5.10 Å². The molecule has 0 radical (unpaired) electrons. The molecule has 7 heteroatoms. The average molecular weight is 337 g/mol. The number of anilines is 4. The summed E-state index contributed by atoms with van der Waals surface area (Å²) in [5.41, 5.74) is 1.63. The molecule has 3 aromatic rings. The fourth-order valence-corrected chi connectivity index (χ4v) is 2.24. The summed E-state index contributed by atoms with van der Waals surface area (Å²) in [4.78, 5) is 4.43. The number of rotatable bonds is 7. The Bertz CT molecular complexity index is 841. The molecule has 2 N–H and O–H groups in total. The summed E-state index contributed by atoms with van der Waals surface area (Å²) in [6, 6.07) is 15.2. The maximum atomic E-state index is 5.60. The highest BCUT2D eigenvalue weighted by Crippen LogP contribution is 2.27. The van der Waals surface area contributed by atoms with Gasteiger partial charge in [-0.25, -0.2) is 0 Å². The molecule has 2 aromatic carbocycles. The van der Waals surface area contributed by atoms with Gasteiger partial charge in [-0.2, -0.15) is 10.1 Å². The van der Waals surface area contributed by atoms with E-state index in [-0.39, 0.29) is 0 Å². The number of nitrogens with one attached hydrogen (secondary N) is 2. The van der Waals surface area contributed by atoms with Crippen molar-refractivity contribution in [1.29, 1.82) is 0 Å². The van der Waals surface area contributed by atoms with Crippen molar-refractivity contribution in [2.45, 2.75) is 6.92 Å². The van der Waals surface area contributed by atoms with Gasteiger partial charge in [0.1, 0.15) is 11.5 Å². The summed E-state index contributed by atoms with van der Waals surface area (Å²) in [5.74, 6) is 2.45. The molecule has 0 saturated carbocycles. The van der Waals surface area contributed by atoms with Crippen LogP contribution >= 0.6 is 0 Å². The van der Waals surface area contributed by atoms with Crippen LogP contribution in [0.2, 0.25) is 0 Å². The van der Waals surface area contributed by atoms with Gasteiger partial charge >= 0.3 is 0 Å². The van der Waals surface area contributed by atoms with E-state index >= 15 is 0 Å². The number of ether oxygens (including phenoxy) is 2. The monoisotopic (exact) mass is 337 g/mol. The Labute approximate surface area is 146 Å². The van der Waals surface area contributed by atoms with Gasteiger partial charge in [-0.3, -0.25) is 0 Å². The SMILES string of the molecule is CCOc1ccccc1Nc1cnnc(Nc2cccc(OC)c2)n1. The van der Waals surface area contributed by atoms with E-state index in [1.807, 2.05) is 55.5 Å². The van der Waals surface area contributed by atoms with Crippen molar-refractivity contribution in [3.8, 4) is 11.5 Å². The summed E-state index contributed by atoms with van der Waals surface area (Å²) >= 11 is 0. The Balaban J connectivity index is 1.77. The van der Waals surface area contributed by atoms with Crippen LogP contribution in [0.5, 0.6) is 11.5 Å². The highest BCUT2D eigenvalue weighted by molar-refractivity contribution is 5.64. The molecule has 0 fully saturated rings. The zero-order valence-corrected chi connectivity index (χ0v) is 14.1. The van der Waals surface area contributed by atoms with Crippen molar-refractivity contribution in [2.24, 2.45) is 0 Å². The van der Waals surface area contributed by atoms with Crippen molar-refractivity contribution in [1.82, 2.24) is 15.2 Å². The average Bonchev–Trinajstić information content (AvgIpc) is 2.64. The minimum absolute atomic E-state index is 0.382. The van der Waals surface area contributed by atoms with Gasteiger partial charge in [-0.1, -0.05) is 18.2 Å². The summed E-state index contributed by atoms with van der Waals surface area (Å²) in [6.45, 7) is 2.53. The molecule has 0 aliphatic rings. The molecule has 0 saturated heterocycles. The van der Waals surface area contributed by atoms with Gasteiger partial charge in [0.15, 0.2) is 5.82 Å². The minimum atomic E-state index is 0.382. The predicted octanol–water partition coefficient (Wildman–Crippen LogP) is 3.77. The quantitative estimate of drug-likeness (QED) is 0.679. The predicted molar refractivity (Wildman–Crippen MR) is 97.0 cm³/mol. The molecule has 0 aliphatic heterocycles. The molecule has 25 heavy (non-hydrogen) atoms. The Kier molecular flexibility index (Phi) is 5.26.